The molecular formula is C13H16O5. The van der Waals surface area contributed by atoms with Gasteiger partial charge in [-0.05, 0) is 26.0 Å². The zero-order chi connectivity index (χ0) is 13.3. The van der Waals surface area contributed by atoms with Gasteiger partial charge in [-0.2, -0.15) is 0 Å². The van der Waals surface area contributed by atoms with Crippen LogP contribution in [0, 0.1) is 0 Å². The van der Waals surface area contributed by atoms with Gasteiger partial charge < -0.3 is 19.3 Å². The Labute approximate surface area is 105 Å². The Morgan fingerprint density at radius 1 is 1.56 bits per heavy atom. The minimum atomic E-state index is -1.46. The SMILES string of the molecule is CCOC(=O)[C@H]1Oc2cccc(OC)c2[C@]1(C)O. The number of ether oxygens (including phenoxy) is 3. The first-order chi connectivity index (χ1) is 8.52. The van der Waals surface area contributed by atoms with E-state index in [2.05, 4.69) is 0 Å². The quantitative estimate of drug-likeness (QED) is 0.819. The first kappa shape index (κ1) is 12.7. The molecule has 0 unspecified atom stereocenters. The van der Waals surface area contributed by atoms with E-state index < -0.39 is 17.7 Å². The maximum Gasteiger partial charge on any atom is 0.350 e. The molecule has 0 aliphatic carbocycles. The van der Waals surface area contributed by atoms with Crippen LogP contribution in [-0.4, -0.2) is 30.9 Å². The molecule has 1 aliphatic rings. The van der Waals surface area contributed by atoms with E-state index in [1.165, 1.54) is 14.0 Å². The molecule has 0 saturated heterocycles. The van der Waals surface area contributed by atoms with Crippen molar-refractivity contribution in [1.82, 2.24) is 0 Å². The molecule has 0 bridgehead atoms. The van der Waals surface area contributed by atoms with Gasteiger partial charge in [0.1, 0.15) is 17.1 Å². The summed E-state index contributed by atoms with van der Waals surface area (Å²) >= 11 is 0. The average Bonchev–Trinajstić information content (AvgIpc) is 2.62. The molecule has 2 rings (SSSR count). The molecule has 1 heterocycles. The van der Waals surface area contributed by atoms with Gasteiger partial charge in [-0.15, -0.1) is 0 Å². The number of carbonyl (C=O) groups excluding carboxylic acids is 1. The lowest BCUT2D eigenvalue weighted by molar-refractivity contribution is -0.161. The van der Waals surface area contributed by atoms with E-state index in [0.717, 1.165) is 0 Å². The van der Waals surface area contributed by atoms with Crippen LogP contribution < -0.4 is 9.47 Å². The van der Waals surface area contributed by atoms with Crippen molar-refractivity contribution in [2.45, 2.75) is 25.6 Å². The summed E-state index contributed by atoms with van der Waals surface area (Å²) in [6, 6.07) is 5.14. The Bertz CT molecular complexity index is 466. The monoisotopic (exact) mass is 252 g/mol. The number of esters is 1. The van der Waals surface area contributed by atoms with Crippen LogP contribution in [0.2, 0.25) is 0 Å². The van der Waals surface area contributed by atoms with Crippen LogP contribution in [0.1, 0.15) is 19.4 Å². The van der Waals surface area contributed by atoms with Crippen molar-refractivity contribution in [3.05, 3.63) is 23.8 Å². The molecule has 18 heavy (non-hydrogen) atoms. The molecule has 1 aromatic carbocycles. The fourth-order valence-electron chi connectivity index (χ4n) is 2.15. The third-order valence-corrected chi connectivity index (χ3v) is 2.97. The largest absolute Gasteiger partial charge is 0.496 e. The third kappa shape index (κ3) is 1.80. The summed E-state index contributed by atoms with van der Waals surface area (Å²) < 4.78 is 15.6. The summed E-state index contributed by atoms with van der Waals surface area (Å²) in [5.74, 6) is 0.349. The molecule has 5 nitrogen and oxygen atoms in total. The standard InChI is InChI=1S/C13H16O5/c1-4-17-12(14)11-13(2,15)10-8(16-3)6-5-7-9(10)18-11/h5-7,11,15H,4H2,1-3H3/t11-,13+/m1/s1. The Morgan fingerprint density at radius 3 is 2.89 bits per heavy atom. The van der Waals surface area contributed by atoms with Gasteiger partial charge in [-0.3, -0.25) is 0 Å². The number of methoxy groups -OCH3 is 1. The van der Waals surface area contributed by atoms with Crippen LogP contribution >= 0.6 is 0 Å². The number of benzene rings is 1. The topological polar surface area (TPSA) is 65.0 Å². The molecule has 1 aromatic rings. The Kier molecular flexibility index (Phi) is 3.17. The minimum Gasteiger partial charge on any atom is -0.496 e. The highest BCUT2D eigenvalue weighted by Crippen LogP contribution is 2.46. The van der Waals surface area contributed by atoms with E-state index in [-0.39, 0.29) is 6.61 Å². The molecule has 0 aromatic heterocycles. The lowest BCUT2D eigenvalue weighted by atomic mass is 9.91. The van der Waals surface area contributed by atoms with Gasteiger partial charge in [0.25, 0.3) is 0 Å². The summed E-state index contributed by atoms with van der Waals surface area (Å²) in [5.41, 5.74) is -0.987. The van der Waals surface area contributed by atoms with E-state index >= 15 is 0 Å². The van der Waals surface area contributed by atoms with Crippen LogP contribution in [0.25, 0.3) is 0 Å². The van der Waals surface area contributed by atoms with Gasteiger partial charge in [0.05, 0.1) is 19.3 Å². The maximum atomic E-state index is 11.8. The molecule has 5 heteroatoms. The summed E-state index contributed by atoms with van der Waals surface area (Å²) in [6.45, 7) is 3.46. The van der Waals surface area contributed by atoms with Gasteiger partial charge in [0, 0.05) is 0 Å². The number of rotatable bonds is 3. The summed E-state index contributed by atoms with van der Waals surface area (Å²) in [7, 11) is 1.50. The molecule has 1 N–H and O–H groups in total. The van der Waals surface area contributed by atoms with Crippen LogP contribution in [-0.2, 0) is 15.1 Å². The molecular weight excluding hydrogens is 236 g/mol. The van der Waals surface area contributed by atoms with Gasteiger partial charge in [0.15, 0.2) is 0 Å². The lowest BCUT2D eigenvalue weighted by Crippen LogP contribution is -2.42. The second-order valence-electron chi connectivity index (χ2n) is 4.23. The van der Waals surface area contributed by atoms with Crippen molar-refractivity contribution in [3.8, 4) is 11.5 Å². The van der Waals surface area contributed by atoms with Crippen LogP contribution in [0.3, 0.4) is 0 Å². The number of carbonyl (C=O) groups is 1. The number of aliphatic hydroxyl groups is 1. The number of fused-ring (bicyclic) bond motifs is 1. The van der Waals surface area contributed by atoms with Crippen molar-refractivity contribution in [2.75, 3.05) is 13.7 Å². The summed E-state index contributed by atoms with van der Waals surface area (Å²) in [4.78, 5) is 11.8. The maximum absolute atomic E-state index is 11.8. The first-order valence-corrected chi connectivity index (χ1v) is 5.75. The zero-order valence-corrected chi connectivity index (χ0v) is 10.6. The molecule has 1 aliphatic heterocycles. The second kappa shape index (κ2) is 4.49. The number of hydrogen-bond acceptors (Lipinski definition) is 5. The van der Waals surface area contributed by atoms with Gasteiger partial charge in [-0.25, -0.2) is 4.79 Å². The highest BCUT2D eigenvalue weighted by Gasteiger charge is 2.51. The van der Waals surface area contributed by atoms with E-state index in [4.69, 9.17) is 14.2 Å². The van der Waals surface area contributed by atoms with Crippen molar-refractivity contribution in [2.24, 2.45) is 0 Å². The average molecular weight is 252 g/mol. The molecule has 0 radical (unpaired) electrons. The molecule has 98 valence electrons. The highest BCUT2D eigenvalue weighted by atomic mass is 16.6. The molecule has 0 spiro atoms. The number of hydrogen-bond donors (Lipinski definition) is 1. The molecule has 0 fully saturated rings. The van der Waals surface area contributed by atoms with Crippen LogP contribution in [0.15, 0.2) is 18.2 Å². The van der Waals surface area contributed by atoms with Crippen molar-refractivity contribution in [3.63, 3.8) is 0 Å². The predicted octanol–water partition coefficient (Wildman–Crippen LogP) is 1.23. The zero-order valence-electron chi connectivity index (χ0n) is 10.6. The van der Waals surface area contributed by atoms with E-state index in [1.54, 1.807) is 25.1 Å². The van der Waals surface area contributed by atoms with Crippen molar-refractivity contribution >= 4 is 5.97 Å². The Balaban J connectivity index is 2.42. The molecule has 0 saturated carbocycles. The van der Waals surface area contributed by atoms with Gasteiger partial charge in [0.2, 0.25) is 6.10 Å². The smallest absolute Gasteiger partial charge is 0.350 e. The Hall–Kier alpha value is -1.75. The highest BCUT2D eigenvalue weighted by molar-refractivity contribution is 5.79. The van der Waals surface area contributed by atoms with E-state index in [1.807, 2.05) is 0 Å². The van der Waals surface area contributed by atoms with Crippen LogP contribution in [0.4, 0.5) is 0 Å². The third-order valence-electron chi connectivity index (χ3n) is 2.97. The Morgan fingerprint density at radius 2 is 2.28 bits per heavy atom. The van der Waals surface area contributed by atoms with Crippen molar-refractivity contribution < 1.29 is 24.1 Å². The van der Waals surface area contributed by atoms with E-state index in [9.17, 15) is 9.90 Å². The molecule has 2 atom stereocenters. The van der Waals surface area contributed by atoms with Gasteiger partial charge in [-0.1, -0.05) is 6.07 Å². The fraction of sp³-hybridized carbons (Fsp3) is 0.462. The summed E-state index contributed by atoms with van der Waals surface area (Å²) in [5, 5.41) is 10.5. The predicted molar refractivity (Wildman–Crippen MR) is 63.6 cm³/mol. The lowest BCUT2D eigenvalue weighted by Gasteiger charge is -2.23. The molecule has 0 amide bonds. The second-order valence-corrected chi connectivity index (χ2v) is 4.23. The van der Waals surface area contributed by atoms with Crippen LogP contribution in [0.5, 0.6) is 11.5 Å². The first-order valence-electron chi connectivity index (χ1n) is 5.75. The van der Waals surface area contributed by atoms with E-state index in [0.29, 0.717) is 17.1 Å². The van der Waals surface area contributed by atoms with Gasteiger partial charge >= 0.3 is 5.97 Å². The normalized spacial score (nSPS) is 25.2. The minimum absolute atomic E-state index is 0.238. The summed E-state index contributed by atoms with van der Waals surface area (Å²) in [6.07, 6.45) is -1.07. The van der Waals surface area contributed by atoms with Crippen molar-refractivity contribution in [1.29, 1.82) is 0 Å². The fourth-order valence-corrected chi connectivity index (χ4v) is 2.15.